The fourth-order valence-electron chi connectivity index (χ4n) is 6.54. The maximum atomic E-state index is 13.0. The molecule has 5 rings (SSSR count). The van der Waals surface area contributed by atoms with Crippen LogP contribution in [0.5, 0.6) is 11.5 Å². The van der Waals surface area contributed by atoms with Gasteiger partial charge < -0.3 is 38.8 Å². The first-order valence-electron chi connectivity index (χ1n) is 13.1. The molecule has 42 heavy (non-hydrogen) atoms. The number of rotatable bonds is 7. The summed E-state index contributed by atoms with van der Waals surface area (Å²) in [6, 6.07) is 3.35. The van der Waals surface area contributed by atoms with E-state index in [1.54, 1.807) is 6.07 Å². The quantitative estimate of drug-likeness (QED) is 0.259. The molecule has 2 heterocycles. The number of hydrogen-bond acceptors (Lipinski definition) is 12. The minimum absolute atomic E-state index is 0.0283. The molecule has 228 valence electrons. The Morgan fingerprint density at radius 2 is 1.93 bits per heavy atom. The number of likely N-dealkylation sites (tertiary alicyclic amines) is 1. The summed E-state index contributed by atoms with van der Waals surface area (Å²) in [6.45, 7) is 1.54. The van der Waals surface area contributed by atoms with Crippen molar-refractivity contribution in [2.24, 2.45) is 0 Å². The van der Waals surface area contributed by atoms with Gasteiger partial charge in [-0.15, -0.1) is 0 Å². The Labute approximate surface area is 236 Å². The highest BCUT2D eigenvalue weighted by Gasteiger charge is 2.72. The number of likely N-dealkylation sites (N-methyl/N-ethyl adjacent to an activating group) is 1. The van der Waals surface area contributed by atoms with Crippen molar-refractivity contribution in [3.05, 3.63) is 35.1 Å². The molecule has 4 aliphatic rings. The molecule has 2 aliphatic heterocycles. The van der Waals surface area contributed by atoms with Crippen LogP contribution in [0.3, 0.4) is 0 Å². The lowest BCUT2D eigenvalue weighted by molar-refractivity contribution is -0.206. The van der Waals surface area contributed by atoms with Crippen molar-refractivity contribution in [2.75, 3.05) is 20.7 Å². The Hall–Kier alpha value is -3.69. The zero-order valence-electron chi connectivity index (χ0n) is 22.7. The molecule has 1 spiro atoms. The van der Waals surface area contributed by atoms with Crippen LogP contribution in [0.15, 0.2) is 24.0 Å². The van der Waals surface area contributed by atoms with Gasteiger partial charge in [0.2, 0.25) is 6.10 Å². The van der Waals surface area contributed by atoms with Crippen LogP contribution in [0.2, 0.25) is 0 Å². The van der Waals surface area contributed by atoms with E-state index in [0.29, 0.717) is 30.9 Å². The summed E-state index contributed by atoms with van der Waals surface area (Å²) >= 11 is 0. The number of alkyl halides is 3. The second-order valence-electron chi connectivity index (χ2n) is 10.8. The minimum atomic E-state index is -5.54. The maximum absolute atomic E-state index is 13.0. The summed E-state index contributed by atoms with van der Waals surface area (Å²) in [5, 5.41) is 21.6. The largest absolute Gasteiger partial charge is 0.493 e. The van der Waals surface area contributed by atoms with Gasteiger partial charge in [0.1, 0.15) is 11.9 Å². The molecular formula is C27H28F3NO11. The number of aliphatic hydroxyl groups is 2. The number of esters is 4. The van der Waals surface area contributed by atoms with Gasteiger partial charge in [0, 0.05) is 18.0 Å². The van der Waals surface area contributed by atoms with E-state index in [2.05, 4.69) is 14.4 Å². The molecule has 2 aliphatic carbocycles. The molecular weight excluding hydrogens is 571 g/mol. The lowest BCUT2D eigenvalue weighted by Gasteiger charge is -2.61. The van der Waals surface area contributed by atoms with Crippen LogP contribution in [0.4, 0.5) is 13.2 Å². The predicted octanol–water partition coefficient (Wildman–Crippen LogP) is 0.831. The molecule has 0 amide bonds. The number of hydrogen-bond donors (Lipinski definition) is 2. The summed E-state index contributed by atoms with van der Waals surface area (Å²) in [4.78, 5) is 50.4. The average molecular weight is 600 g/mol. The van der Waals surface area contributed by atoms with Crippen molar-refractivity contribution in [3.63, 3.8) is 0 Å². The Bertz CT molecular complexity index is 1380. The molecule has 6 atom stereocenters. The van der Waals surface area contributed by atoms with Crippen LogP contribution in [0.25, 0.3) is 0 Å². The molecule has 0 radical (unpaired) electrons. The Balaban J connectivity index is 1.43. The second kappa shape index (κ2) is 10.2. The fourth-order valence-corrected chi connectivity index (χ4v) is 6.54. The van der Waals surface area contributed by atoms with Crippen LogP contribution in [-0.4, -0.2) is 95.8 Å². The first-order chi connectivity index (χ1) is 19.6. The zero-order chi connectivity index (χ0) is 30.8. The predicted molar refractivity (Wildman–Crippen MR) is 131 cm³/mol. The van der Waals surface area contributed by atoms with Gasteiger partial charge in [-0.25, -0.2) is 14.4 Å². The van der Waals surface area contributed by atoms with Gasteiger partial charge >= 0.3 is 30.1 Å². The highest BCUT2D eigenvalue weighted by molar-refractivity contribution is 5.93. The van der Waals surface area contributed by atoms with Crippen LogP contribution < -0.4 is 9.47 Å². The first kappa shape index (κ1) is 29.8. The number of nitrogens with zero attached hydrogens (tertiary/aromatic N) is 1. The number of aliphatic hydroxyl groups excluding tert-OH is 1. The van der Waals surface area contributed by atoms with Crippen molar-refractivity contribution in [1.29, 1.82) is 0 Å². The van der Waals surface area contributed by atoms with E-state index >= 15 is 0 Å². The lowest BCUT2D eigenvalue weighted by Crippen LogP contribution is -2.74. The number of methoxy groups -OCH3 is 1. The highest BCUT2D eigenvalue weighted by atomic mass is 19.4. The molecule has 1 aromatic carbocycles. The molecule has 15 heteroatoms. The number of benzene rings is 1. The standard InChI is InChI=1S/C27H28F3NO11/c1-12(32)22(34)40-16(23(35)42-24(36)27(28,29)30)11-18(33)39-15-6-7-26(37)17-10-13-4-5-14(38-3)20-19(13)25(26,21(15)41-20)8-9-31(17)2/h4-6,12,16-17,21,32,37H,7-11H2,1-3H3/t12-,16-,17+,21-,25-,26+/m0/s1. The summed E-state index contributed by atoms with van der Waals surface area (Å²) in [7, 11) is 3.37. The zero-order valence-corrected chi connectivity index (χ0v) is 22.7. The van der Waals surface area contributed by atoms with E-state index in [-0.39, 0.29) is 18.2 Å². The van der Waals surface area contributed by atoms with Crippen LogP contribution in [0, 0.1) is 0 Å². The van der Waals surface area contributed by atoms with Gasteiger partial charge in [-0.3, -0.25) is 4.79 Å². The number of piperidine rings is 1. The summed E-state index contributed by atoms with van der Waals surface area (Å²) in [5.74, 6) is -6.80. The number of carbonyl (C=O) groups excluding carboxylic acids is 4. The van der Waals surface area contributed by atoms with Crippen molar-refractivity contribution < 1.29 is 66.2 Å². The normalized spacial score (nSPS) is 28.8. The third kappa shape index (κ3) is 4.50. The Morgan fingerprint density at radius 3 is 2.57 bits per heavy atom. The van der Waals surface area contributed by atoms with E-state index in [1.165, 1.54) is 13.2 Å². The van der Waals surface area contributed by atoms with E-state index in [1.807, 2.05) is 13.1 Å². The molecule has 1 fully saturated rings. The van der Waals surface area contributed by atoms with Gasteiger partial charge in [0.25, 0.3) is 0 Å². The molecule has 0 saturated carbocycles. The van der Waals surface area contributed by atoms with Crippen molar-refractivity contribution in [1.82, 2.24) is 4.90 Å². The van der Waals surface area contributed by atoms with Crippen LogP contribution in [0.1, 0.15) is 37.3 Å². The van der Waals surface area contributed by atoms with Crippen molar-refractivity contribution in [2.45, 2.75) is 74.2 Å². The number of halogens is 3. The molecule has 1 aromatic rings. The molecule has 0 unspecified atom stereocenters. The molecule has 2 N–H and O–H groups in total. The van der Waals surface area contributed by atoms with Crippen molar-refractivity contribution in [3.8, 4) is 11.5 Å². The first-order valence-corrected chi connectivity index (χ1v) is 13.1. The highest BCUT2D eigenvalue weighted by Crippen LogP contribution is 2.65. The molecule has 1 saturated heterocycles. The van der Waals surface area contributed by atoms with Crippen LogP contribution >= 0.6 is 0 Å². The monoisotopic (exact) mass is 599 g/mol. The van der Waals surface area contributed by atoms with Gasteiger partial charge in [-0.05, 0) is 51.1 Å². The van der Waals surface area contributed by atoms with Gasteiger partial charge in [0.05, 0.1) is 24.5 Å². The number of ether oxygens (including phenoxy) is 5. The van der Waals surface area contributed by atoms with Gasteiger partial charge in [-0.1, -0.05) is 6.07 Å². The maximum Gasteiger partial charge on any atom is 0.491 e. The topological polar surface area (TPSA) is 158 Å². The smallest absolute Gasteiger partial charge is 0.491 e. The summed E-state index contributed by atoms with van der Waals surface area (Å²) in [5.41, 5.74) is -0.674. The second-order valence-corrected chi connectivity index (χ2v) is 10.8. The van der Waals surface area contributed by atoms with Crippen molar-refractivity contribution >= 4 is 23.9 Å². The van der Waals surface area contributed by atoms with E-state index in [9.17, 15) is 42.6 Å². The third-order valence-corrected chi connectivity index (χ3v) is 8.43. The summed E-state index contributed by atoms with van der Waals surface area (Å²) in [6.07, 6.45) is -9.39. The Kier molecular flexibility index (Phi) is 7.26. The number of carbonyl (C=O) groups is 4. The molecule has 2 bridgehead atoms. The minimum Gasteiger partial charge on any atom is -0.493 e. The third-order valence-electron chi connectivity index (χ3n) is 8.43. The average Bonchev–Trinajstić information content (AvgIpc) is 3.27. The summed E-state index contributed by atoms with van der Waals surface area (Å²) < 4.78 is 63.6. The fraction of sp³-hybridized carbons (Fsp3) is 0.556. The lowest BCUT2D eigenvalue weighted by atomic mass is 9.50. The SMILES string of the molecule is COc1ccc2c3c1O[C@H]1C(OC(=O)C[C@H](OC(=O)[C@H](C)O)C(=O)OC(=O)C(F)(F)F)=CC[C@@]4(O)[C@@H](C2)N(C)CC[C@]314. The van der Waals surface area contributed by atoms with E-state index < -0.39 is 65.8 Å². The van der Waals surface area contributed by atoms with E-state index in [0.717, 1.165) is 18.1 Å². The van der Waals surface area contributed by atoms with Gasteiger partial charge in [-0.2, -0.15) is 13.2 Å². The molecule has 0 aromatic heterocycles. The van der Waals surface area contributed by atoms with Crippen LogP contribution in [-0.2, 0) is 45.2 Å². The Morgan fingerprint density at radius 1 is 1.21 bits per heavy atom. The van der Waals surface area contributed by atoms with E-state index in [4.69, 9.17) is 14.2 Å². The molecule has 12 nitrogen and oxygen atoms in total. The van der Waals surface area contributed by atoms with Gasteiger partial charge in [0.15, 0.2) is 17.6 Å².